The van der Waals surface area contributed by atoms with E-state index in [0.29, 0.717) is 23.7 Å². The lowest BCUT2D eigenvalue weighted by Crippen LogP contribution is -2.36. The Morgan fingerprint density at radius 3 is 1.52 bits per heavy atom. The number of ether oxygens (including phenoxy) is 2. The van der Waals surface area contributed by atoms with Crippen LogP contribution in [0, 0.1) is 23.7 Å². The third-order valence-corrected chi connectivity index (χ3v) is 12.5. The zero-order valence-corrected chi connectivity index (χ0v) is 27.7. The second kappa shape index (κ2) is 12.3. The zero-order chi connectivity index (χ0) is 31.4. The van der Waals surface area contributed by atoms with Crippen LogP contribution in [0.1, 0.15) is 61.4 Å². The molecule has 4 aliphatic carbocycles. The van der Waals surface area contributed by atoms with Crippen molar-refractivity contribution >= 4 is 66.2 Å². The first-order valence-electron chi connectivity index (χ1n) is 16.4. The normalized spacial score (nSPS) is 24.8. The van der Waals surface area contributed by atoms with Crippen LogP contribution in [-0.4, -0.2) is 48.5 Å². The Hall–Kier alpha value is -3.44. The van der Waals surface area contributed by atoms with E-state index in [9.17, 15) is 9.59 Å². The maximum Gasteiger partial charge on any atom is 0.308 e. The van der Waals surface area contributed by atoms with Crippen molar-refractivity contribution in [3.63, 3.8) is 0 Å². The summed E-state index contributed by atoms with van der Waals surface area (Å²) in [5, 5.41) is 8.55. The number of fused-ring (bicyclic) bond motifs is 6. The summed E-state index contributed by atoms with van der Waals surface area (Å²) in [4.78, 5) is 36.2. The first kappa shape index (κ1) is 29.9. The summed E-state index contributed by atoms with van der Waals surface area (Å²) in [5.41, 5.74) is 6.78. The molecule has 0 spiro atoms. The van der Waals surface area contributed by atoms with Gasteiger partial charge in [-0.15, -0.1) is 22.7 Å². The van der Waals surface area contributed by atoms with E-state index in [0.717, 1.165) is 80.1 Å². The minimum atomic E-state index is -0.540. The number of aromatic nitrogens is 2. The second-order valence-electron chi connectivity index (χ2n) is 12.9. The van der Waals surface area contributed by atoms with E-state index in [-0.39, 0.29) is 12.8 Å². The SMILES string of the molecule is CNC(OC(=O)CCC(=O)OC(NC)C1=C(c2nc3ccccc3s2)[C@H]2CC[C@@H]1C2)C1=C(c2nc3ccccc3s2)[C@H]2CC[C@@H]1C2. The number of thiazole rings is 2. The van der Waals surface area contributed by atoms with Crippen molar-refractivity contribution in [3.8, 4) is 0 Å². The van der Waals surface area contributed by atoms with Gasteiger partial charge >= 0.3 is 11.9 Å². The molecule has 0 amide bonds. The van der Waals surface area contributed by atoms with E-state index in [4.69, 9.17) is 19.4 Å². The molecule has 2 aromatic carbocycles. The fourth-order valence-corrected chi connectivity index (χ4v) is 10.6. The number of carbonyl (C=O) groups excluding carboxylic acids is 2. The Morgan fingerprint density at radius 1 is 0.696 bits per heavy atom. The van der Waals surface area contributed by atoms with E-state index in [1.165, 1.54) is 11.1 Å². The molecule has 2 heterocycles. The van der Waals surface area contributed by atoms with E-state index in [1.807, 2.05) is 50.5 Å². The highest BCUT2D eigenvalue weighted by Gasteiger charge is 2.45. The average Bonchev–Trinajstić information content (AvgIpc) is 3.93. The maximum absolute atomic E-state index is 13.2. The summed E-state index contributed by atoms with van der Waals surface area (Å²) in [6.45, 7) is 0. The standard InChI is InChI=1S/C36H38N4O4S2/c1-37-33(29-19-11-13-21(17-19)31(29)35-39-23-7-3-5-9-25(23)45-35)43-27(41)15-16-28(42)44-34(38-2)30-20-12-14-22(18-20)32(30)36-40-24-8-4-6-10-26(24)46-36/h3-10,19-22,33-34,37-38H,11-18H2,1-2H3/t19-,20-,21+,22+,33?,34?/m1/s1. The molecule has 0 saturated heterocycles. The lowest BCUT2D eigenvalue weighted by atomic mass is 9.90. The van der Waals surface area contributed by atoms with Crippen LogP contribution < -0.4 is 10.6 Å². The third-order valence-electron chi connectivity index (χ3n) is 10.4. The highest BCUT2D eigenvalue weighted by Crippen LogP contribution is 2.55. The number of hydrogen-bond donors (Lipinski definition) is 2. The number of hydrogen-bond acceptors (Lipinski definition) is 10. The van der Waals surface area contributed by atoms with Gasteiger partial charge in [0.2, 0.25) is 0 Å². The molecule has 2 fully saturated rings. The lowest BCUT2D eigenvalue weighted by molar-refractivity contribution is -0.155. The highest BCUT2D eigenvalue weighted by atomic mass is 32.1. The molecule has 2 N–H and O–H groups in total. The van der Waals surface area contributed by atoms with Crippen molar-refractivity contribution in [1.29, 1.82) is 0 Å². The van der Waals surface area contributed by atoms with Gasteiger partial charge in [0.15, 0.2) is 12.5 Å². The zero-order valence-electron chi connectivity index (χ0n) is 26.1. The molecule has 4 aromatic rings. The molecule has 0 radical (unpaired) electrons. The van der Waals surface area contributed by atoms with Gasteiger partial charge in [0.05, 0.1) is 33.3 Å². The number of para-hydroxylation sites is 2. The molecule has 6 atom stereocenters. The van der Waals surface area contributed by atoms with Crippen LogP contribution >= 0.6 is 22.7 Å². The minimum absolute atomic E-state index is 0.0406. The number of esters is 2. The lowest BCUT2D eigenvalue weighted by Gasteiger charge is -2.27. The van der Waals surface area contributed by atoms with Gasteiger partial charge in [-0.2, -0.15) is 0 Å². The van der Waals surface area contributed by atoms with Crippen molar-refractivity contribution in [2.45, 2.75) is 63.8 Å². The summed E-state index contributed by atoms with van der Waals surface area (Å²) in [5.74, 6) is 0.806. The molecule has 238 valence electrons. The summed E-state index contributed by atoms with van der Waals surface area (Å²) in [6.07, 6.45) is 5.46. The van der Waals surface area contributed by atoms with Gasteiger partial charge in [0.25, 0.3) is 0 Å². The van der Waals surface area contributed by atoms with Crippen molar-refractivity contribution < 1.29 is 19.1 Å². The van der Waals surface area contributed by atoms with E-state index >= 15 is 0 Å². The van der Waals surface area contributed by atoms with Crippen LogP contribution in [0.25, 0.3) is 31.6 Å². The predicted octanol–water partition coefficient (Wildman–Crippen LogP) is 6.93. The van der Waals surface area contributed by atoms with Gasteiger partial charge in [-0.25, -0.2) is 9.97 Å². The van der Waals surface area contributed by atoms with Crippen LogP contribution in [0.2, 0.25) is 0 Å². The smallest absolute Gasteiger partial charge is 0.308 e. The van der Waals surface area contributed by atoms with Gasteiger partial charge in [-0.3, -0.25) is 20.2 Å². The molecule has 0 aliphatic heterocycles. The van der Waals surface area contributed by atoms with Gasteiger partial charge < -0.3 is 9.47 Å². The molecular weight excluding hydrogens is 617 g/mol. The van der Waals surface area contributed by atoms with Crippen molar-refractivity contribution in [1.82, 2.24) is 20.6 Å². The van der Waals surface area contributed by atoms with Crippen LogP contribution in [0.5, 0.6) is 0 Å². The molecular formula is C36H38N4O4S2. The van der Waals surface area contributed by atoms with Crippen molar-refractivity contribution in [2.75, 3.05) is 14.1 Å². The Bertz CT molecular complexity index is 1690. The Labute approximate surface area is 276 Å². The molecule has 8 rings (SSSR count). The molecule has 2 aromatic heterocycles. The minimum Gasteiger partial charge on any atom is -0.443 e. The number of nitrogens with one attached hydrogen (secondary N) is 2. The largest absolute Gasteiger partial charge is 0.443 e. The molecule has 2 saturated carbocycles. The number of likely N-dealkylation sites (N-methyl/N-ethyl adjacent to an activating group) is 2. The first-order valence-corrected chi connectivity index (χ1v) is 18.1. The van der Waals surface area contributed by atoms with Gasteiger partial charge in [0.1, 0.15) is 10.0 Å². The number of carbonyl (C=O) groups is 2. The van der Waals surface area contributed by atoms with Crippen LogP contribution in [0.15, 0.2) is 59.7 Å². The van der Waals surface area contributed by atoms with Crippen LogP contribution in [0.4, 0.5) is 0 Å². The number of nitrogens with zero attached hydrogens (tertiary/aromatic N) is 2. The van der Waals surface area contributed by atoms with Gasteiger partial charge in [-0.05, 0) is 123 Å². The first-order chi connectivity index (χ1) is 22.5. The highest BCUT2D eigenvalue weighted by molar-refractivity contribution is 7.19. The van der Waals surface area contributed by atoms with E-state index in [1.54, 1.807) is 22.7 Å². The van der Waals surface area contributed by atoms with Crippen molar-refractivity contribution in [3.05, 3.63) is 69.7 Å². The molecule has 46 heavy (non-hydrogen) atoms. The maximum atomic E-state index is 13.2. The van der Waals surface area contributed by atoms with Crippen molar-refractivity contribution in [2.24, 2.45) is 23.7 Å². The molecule has 10 heteroatoms. The van der Waals surface area contributed by atoms with Gasteiger partial charge in [0, 0.05) is 0 Å². The summed E-state index contributed by atoms with van der Waals surface area (Å²) in [6, 6.07) is 16.4. The van der Waals surface area contributed by atoms with Gasteiger partial charge in [-0.1, -0.05) is 24.3 Å². The summed E-state index contributed by atoms with van der Waals surface area (Å²) < 4.78 is 14.4. The van der Waals surface area contributed by atoms with E-state index < -0.39 is 24.4 Å². The van der Waals surface area contributed by atoms with Crippen LogP contribution in [0.3, 0.4) is 0 Å². The number of rotatable bonds is 11. The topological polar surface area (TPSA) is 102 Å². The number of allylic oxidation sites excluding steroid dienone is 2. The average molecular weight is 655 g/mol. The molecule has 4 bridgehead atoms. The fraction of sp³-hybridized carbons (Fsp3) is 0.444. The predicted molar refractivity (Wildman–Crippen MR) is 182 cm³/mol. The Balaban J connectivity index is 0.954. The van der Waals surface area contributed by atoms with E-state index in [2.05, 4.69) is 22.8 Å². The summed E-state index contributed by atoms with van der Waals surface area (Å²) in [7, 11) is 3.65. The molecule has 2 unspecified atom stereocenters. The molecule has 8 nitrogen and oxygen atoms in total. The third kappa shape index (κ3) is 5.29. The van der Waals surface area contributed by atoms with Crippen LogP contribution in [-0.2, 0) is 19.1 Å². The Kier molecular flexibility index (Phi) is 8.00. The monoisotopic (exact) mass is 654 g/mol. The molecule has 4 aliphatic rings. The Morgan fingerprint density at radius 2 is 1.11 bits per heavy atom. The second-order valence-corrected chi connectivity index (χ2v) is 15.0. The summed E-state index contributed by atoms with van der Waals surface area (Å²) >= 11 is 3.42. The quantitative estimate of drug-likeness (QED) is 0.133. The fourth-order valence-electron chi connectivity index (χ4n) is 8.39. The number of benzene rings is 2.